The molecule has 0 aromatic heterocycles. The molecule has 3 aromatic rings. The monoisotopic (exact) mass is 604 g/mol. The number of hydrogen-bond donors (Lipinski definition) is 0. The van der Waals surface area contributed by atoms with Gasteiger partial charge < -0.3 is 9.64 Å². The molecule has 2 aliphatic rings. The standard InChI is InChI=1S/C28H20Cl4N2O5/c1-3-14-4-6-16(7-5-14)33-12-15(11-19(33)35)28(38)39-17-8-9-18(13(2)10-17)34-26(36)20-21(27(34)37)23(30)25(32)24(31)22(20)29/h4-10,15H,3,11-12H2,1-2H3/t15-/m0/s1. The molecule has 2 heterocycles. The van der Waals surface area contributed by atoms with Crippen molar-refractivity contribution < 1.29 is 23.9 Å². The number of carbonyl (C=O) groups excluding carboxylic acids is 4. The van der Waals surface area contributed by atoms with Crippen molar-refractivity contribution in [1.29, 1.82) is 0 Å². The Morgan fingerprint density at radius 3 is 2.03 bits per heavy atom. The average Bonchev–Trinajstić information content (AvgIpc) is 3.43. The highest BCUT2D eigenvalue weighted by atomic mass is 35.5. The van der Waals surface area contributed by atoms with E-state index >= 15 is 0 Å². The van der Waals surface area contributed by atoms with Crippen LogP contribution in [0.5, 0.6) is 5.75 Å². The predicted molar refractivity (Wildman–Crippen MR) is 151 cm³/mol. The number of amides is 3. The maximum Gasteiger partial charge on any atom is 0.316 e. The number of hydrogen-bond acceptors (Lipinski definition) is 5. The van der Waals surface area contributed by atoms with Crippen LogP contribution in [0, 0.1) is 12.8 Å². The number of benzene rings is 3. The zero-order valence-corrected chi connectivity index (χ0v) is 23.7. The Morgan fingerprint density at radius 1 is 0.897 bits per heavy atom. The number of imide groups is 1. The first kappa shape index (κ1) is 27.5. The van der Waals surface area contributed by atoms with Gasteiger partial charge in [-0.05, 0) is 54.8 Å². The minimum absolute atomic E-state index is 0.0348. The van der Waals surface area contributed by atoms with Crippen LogP contribution in [0.3, 0.4) is 0 Å². The van der Waals surface area contributed by atoms with Gasteiger partial charge in [-0.3, -0.25) is 19.2 Å². The molecule has 0 radical (unpaired) electrons. The topological polar surface area (TPSA) is 84.0 Å². The minimum atomic E-state index is -0.704. The number of ether oxygens (including phenoxy) is 1. The second-order valence-electron chi connectivity index (χ2n) is 9.25. The van der Waals surface area contributed by atoms with E-state index in [1.54, 1.807) is 11.8 Å². The van der Waals surface area contributed by atoms with Crippen LogP contribution in [0.1, 0.15) is 45.2 Å². The van der Waals surface area contributed by atoms with Gasteiger partial charge in [0.15, 0.2) is 0 Å². The SMILES string of the molecule is CCc1ccc(N2C[C@@H](C(=O)Oc3ccc(N4C(=O)c5c(Cl)c(Cl)c(Cl)c(Cl)c5C4=O)c(C)c3)CC2=O)cc1. The van der Waals surface area contributed by atoms with Crippen molar-refractivity contribution in [3.05, 3.63) is 84.8 Å². The van der Waals surface area contributed by atoms with Gasteiger partial charge >= 0.3 is 5.97 Å². The Hall–Kier alpha value is -3.10. The first-order valence-electron chi connectivity index (χ1n) is 12.0. The summed E-state index contributed by atoms with van der Waals surface area (Å²) < 4.78 is 5.57. The molecule has 1 atom stereocenters. The molecule has 2 aliphatic heterocycles. The summed E-state index contributed by atoms with van der Waals surface area (Å²) >= 11 is 24.6. The lowest BCUT2D eigenvalue weighted by Crippen LogP contribution is -2.30. The Kier molecular flexibility index (Phi) is 7.37. The molecule has 3 aromatic carbocycles. The number of esters is 1. The second kappa shape index (κ2) is 10.5. The van der Waals surface area contributed by atoms with Crippen LogP contribution in [0.15, 0.2) is 42.5 Å². The van der Waals surface area contributed by atoms with Gasteiger partial charge in [0, 0.05) is 18.7 Å². The number of fused-ring (bicyclic) bond motifs is 1. The van der Waals surface area contributed by atoms with E-state index in [2.05, 4.69) is 0 Å². The van der Waals surface area contributed by atoms with Crippen molar-refractivity contribution in [3.63, 3.8) is 0 Å². The maximum absolute atomic E-state index is 13.2. The van der Waals surface area contributed by atoms with Crippen LogP contribution >= 0.6 is 46.4 Å². The summed E-state index contributed by atoms with van der Waals surface area (Å²) in [5.74, 6) is -2.55. The van der Waals surface area contributed by atoms with Crippen molar-refractivity contribution in [2.45, 2.75) is 26.7 Å². The Morgan fingerprint density at radius 2 is 1.49 bits per heavy atom. The minimum Gasteiger partial charge on any atom is -0.426 e. The zero-order chi connectivity index (χ0) is 28.2. The van der Waals surface area contributed by atoms with Crippen molar-refractivity contribution in [2.75, 3.05) is 16.3 Å². The predicted octanol–water partition coefficient (Wildman–Crippen LogP) is 6.93. The van der Waals surface area contributed by atoms with E-state index in [1.165, 1.54) is 18.2 Å². The summed E-state index contributed by atoms with van der Waals surface area (Å²) in [5, 5.41) is -0.560. The molecule has 0 N–H and O–H groups in total. The van der Waals surface area contributed by atoms with E-state index in [0.29, 0.717) is 5.56 Å². The van der Waals surface area contributed by atoms with Gasteiger partial charge in [-0.2, -0.15) is 0 Å². The molecule has 7 nitrogen and oxygen atoms in total. The van der Waals surface area contributed by atoms with Crippen LogP contribution in [0.25, 0.3) is 0 Å². The molecule has 1 fully saturated rings. The molecular formula is C28H20Cl4N2O5. The fraction of sp³-hybridized carbons (Fsp3) is 0.214. The lowest BCUT2D eigenvalue weighted by molar-refractivity contribution is -0.139. The van der Waals surface area contributed by atoms with Crippen LogP contribution < -0.4 is 14.5 Å². The molecule has 0 bridgehead atoms. The van der Waals surface area contributed by atoms with Gasteiger partial charge in [0.25, 0.3) is 11.8 Å². The fourth-order valence-electron chi connectivity index (χ4n) is 4.74. The first-order chi connectivity index (χ1) is 18.5. The van der Waals surface area contributed by atoms with Gasteiger partial charge in [-0.1, -0.05) is 65.5 Å². The highest BCUT2D eigenvalue weighted by Gasteiger charge is 2.43. The molecule has 0 saturated carbocycles. The smallest absolute Gasteiger partial charge is 0.316 e. The first-order valence-corrected chi connectivity index (χ1v) is 13.5. The number of halogens is 4. The van der Waals surface area contributed by atoms with E-state index in [4.69, 9.17) is 51.1 Å². The van der Waals surface area contributed by atoms with E-state index in [9.17, 15) is 19.2 Å². The summed E-state index contributed by atoms with van der Waals surface area (Å²) in [7, 11) is 0. The molecule has 0 unspecified atom stereocenters. The lowest BCUT2D eigenvalue weighted by atomic mass is 10.1. The second-order valence-corrected chi connectivity index (χ2v) is 10.8. The van der Waals surface area contributed by atoms with Gasteiger partial charge in [0.05, 0.1) is 42.8 Å². The summed E-state index contributed by atoms with van der Waals surface area (Å²) in [5.41, 5.74) is 2.35. The number of rotatable bonds is 5. The highest BCUT2D eigenvalue weighted by Crippen LogP contribution is 2.46. The van der Waals surface area contributed by atoms with Gasteiger partial charge in [-0.15, -0.1) is 0 Å². The van der Waals surface area contributed by atoms with Crippen LogP contribution in [0.4, 0.5) is 11.4 Å². The molecule has 3 amide bonds. The molecule has 5 rings (SSSR count). The van der Waals surface area contributed by atoms with Crippen LogP contribution in [-0.4, -0.2) is 30.2 Å². The van der Waals surface area contributed by atoms with Crippen molar-refractivity contribution >= 4 is 81.5 Å². The average molecular weight is 606 g/mol. The van der Waals surface area contributed by atoms with Gasteiger partial charge in [0.2, 0.25) is 5.91 Å². The zero-order valence-electron chi connectivity index (χ0n) is 20.7. The number of carbonyl (C=O) groups is 4. The summed E-state index contributed by atoms with van der Waals surface area (Å²) in [6, 6.07) is 12.1. The number of nitrogens with zero attached hydrogens (tertiary/aromatic N) is 2. The van der Waals surface area contributed by atoms with E-state index < -0.39 is 23.7 Å². The normalized spacial score (nSPS) is 16.8. The van der Waals surface area contributed by atoms with Crippen LogP contribution in [-0.2, 0) is 16.0 Å². The largest absolute Gasteiger partial charge is 0.426 e. The maximum atomic E-state index is 13.2. The number of aryl methyl sites for hydroxylation is 2. The van der Waals surface area contributed by atoms with E-state index in [1.807, 2.05) is 31.2 Å². The third kappa shape index (κ3) is 4.67. The molecule has 0 spiro atoms. The lowest BCUT2D eigenvalue weighted by Gasteiger charge is -2.18. The molecular weight excluding hydrogens is 586 g/mol. The third-order valence-electron chi connectivity index (χ3n) is 6.84. The van der Waals surface area contributed by atoms with Gasteiger partial charge in [-0.25, -0.2) is 4.90 Å². The summed E-state index contributed by atoms with van der Waals surface area (Å²) in [4.78, 5) is 54.4. The van der Waals surface area contributed by atoms with Crippen molar-refractivity contribution in [1.82, 2.24) is 0 Å². The molecule has 0 aliphatic carbocycles. The van der Waals surface area contributed by atoms with Crippen molar-refractivity contribution in [2.24, 2.45) is 5.92 Å². The summed E-state index contributed by atoms with van der Waals surface area (Å²) in [6.07, 6.45) is 0.922. The Bertz CT molecular complexity index is 1520. The van der Waals surface area contributed by atoms with E-state index in [0.717, 1.165) is 22.6 Å². The molecule has 39 heavy (non-hydrogen) atoms. The molecule has 1 saturated heterocycles. The van der Waals surface area contributed by atoms with E-state index in [-0.39, 0.29) is 61.5 Å². The van der Waals surface area contributed by atoms with Crippen molar-refractivity contribution in [3.8, 4) is 5.75 Å². The Labute approximate surface area is 244 Å². The highest BCUT2D eigenvalue weighted by molar-refractivity contribution is 6.56. The fourth-order valence-corrected chi connectivity index (χ4v) is 5.75. The molecule has 11 heteroatoms. The Balaban J connectivity index is 1.33. The quantitative estimate of drug-likeness (QED) is 0.103. The molecule has 200 valence electrons. The van der Waals surface area contributed by atoms with Gasteiger partial charge in [0.1, 0.15) is 5.75 Å². The third-order valence-corrected chi connectivity index (χ3v) is 8.65. The van der Waals surface area contributed by atoms with Crippen LogP contribution in [0.2, 0.25) is 20.1 Å². The summed E-state index contributed by atoms with van der Waals surface area (Å²) in [6.45, 7) is 3.91. The number of anilines is 2.